The molecule has 0 heterocycles. The number of benzene rings is 2. The van der Waals surface area contributed by atoms with Gasteiger partial charge in [0.05, 0.1) is 4.47 Å². The monoisotopic (exact) mass is 343 g/mol. The van der Waals surface area contributed by atoms with Crippen molar-refractivity contribution in [2.45, 2.75) is 13.0 Å². The second-order valence-electron chi connectivity index (χ2n) is 4.15. The maximum atomic E-state index is 13.2. The summed E-state index contributed by atoms with van der Waals surface area (Å²) in [4.78, 5) is 0. The third-order valence-electron chi connectivity index (χ3n) is 2.58. The summed E-state index contributed by atoms with van der Waals surface area (Å²) >= 11 is 9.23. The van der Waals surface area contributed by atoms with Gasteiger partial charge in [-0.1, -0.05) is 11.6 Å². The first kappa shape index (κ1) is 14.3. The zero-order valence-corrected chi connectivity index (χ0v) is 12.5. The van der Waals surface area contributed by atoms with Crippen molar-refractivity contribution in [2.24, 2.45) is 5.73 Å². The fourth-order valence-electron chi connectivity index (χ4n) is 1.64. The fourth-order valence-corrected chi connectivity index (χ4v) is 2.41. The van der Waals surface area contributed by atoms with Gasteiger partial charge in [-0.2, -0.15) is 0 Å². The number of hydrogen-bond donors (Lipinski definition) is 1. The minimum atomic E-state index is -0.338. The van der Waals surface area contributed by atoms with E-state index in [-0.39, 0.29) is 11.9 Å². The average molecular weight is 345 g/mol. The lowest BCUT2D eigenvalue weighted by atomic mass is 10.1. The van der Waals surface area contributed by atoms with E-state index in [9.17, 15) is 4.39 Å². The largest absolute Gasteiger partial charge is 0.456 e. The predicted octanol–water partition coefficient (Wildman–Crippen LogP) is 5.05. The minimum Gasteiger partial charge on any atom is -0.456 e. The summed E-state index contributed by atoms with van der Waals surface area (Å²) in [5.74, 6) is 0.784. The van der Waals surface area contributed by atoms with Crippen molar-refractivity contribution < 1.29 is 9.13 Å². The van der Waals surface area contributed by atoms with Gasteiger partial charge in [-0.25, -0.2) is 4.39 Å². The lowest BCUT2D eigenvalue weighted by molar-refractivity contribution is 0.466. The van der Waals surface area contributed by atoms with E-state index < -0.39 is 0 Å². The molecular weight excluding hydrogens is 333 g/mol. The van der Waals surface area contributed by atoms with Gasteiger partial charge in [0.1, 0.15) is 17.3 Å². The Balaban J connectivity index is 2.38. The van der Waals surface area contributed by atoms with Crippen molar-refractivity contribution in [1.82, 2.24) is 0 Å². The van der Waals surface area contributed by atoms with Crippen molar-refractivity contribution in [3.05, 3.63) is 57.3 Å². The van der Waals surface area contributed by atoms with Gasteiger partial charge in [0.2, 0.25) is 0 Å². The van der Waals surface area contributed by atoms with Crippen LogP contribution < -0.4 is 10.5 Å². The maximum absolute atomic E-state index is 13.2. The molecule has 2 aromatic rings. The molecule has 0 amide bonds. The van der Waals surface area contributed by atoms with Crippen molar-refractivity contribution in [3.63, 3.8) is 0 Å². The first-order valence-electron chi connectivity index (χ1n) is 5.65. The highest BCUT2D eigenvalue weighted by Crippen LogP contribution is 2.34. The number of nitrogens with two attached hydrogens (primary N) is 1. The highest BCUT2D eigenvalue weighted by molar-refractivity contribution is 9.10. The third-order valence-corrected chi connectivity index (χ3v) is 3.43. The molecule has 0 fully saturated rings. The molecule has 0 aromatic heterocycles. The average Bonchev–Trinajstić information content (AvgIpc) is 2.34. The Morgan fingerprint density at radius 2 is 1.89 bits per heavy atom. The van der Waals surface area contributed by atoms with Crippen LogP contribution in [0.15, 0.2) is 40.9 Å². The summed E-state index contributed by atoms with van der Waals surface area (Å²) in [6.07, 6.45) is 0. The topological polar surface area (TPSA) is 35.2 Å². The highest BCUT2D eigenvalue weighted by atomic mass is 79.9. The molecule has 0 saturated carbocycles. The molecule has 2 rings (SSSR count). The van der Waals surface area contributed by atoms with E-state index in [1.165, 1.54) is 12.1 Å². The Morgan fingerprint density at radius 3 is 2.53 bits per heavy atom. The van der Waals surface area contributed by atoms with Gasteiger partial charge >= 0.3 is 0 Å². The molecule has 0 radical (unpaired) electrons. The molecule has 0 aliphatic rings. The van der Waals surface area contributed by atoms with Crippen LogP contribution in [0.25, 0.3) is 0 Å². The van der Waals surface area contributed by atoms with Crippen LogP contribution in [0, 0.1) is 5.82 Å². The fraction of sp³-hybridized carbons (Fsp3) is 0.143. The molecule has 0 spiro atoms. The first-order valence-corrected chi connectivity index (χ1v) is 6.82. The minimum absolute atomic E-state index is 0.322. The van der Waals surface area contributed by atoms with Crippen LogP contribution in [0.3, 0.4) is 0 Å². The van der Waals surface area contributed by atoms with Gasteiger partial charge in [0.25, 0.3) is 0 Å². The second-order valence-corrected chi connectivity index (χ2v) is 5.44. The smallest absolute Gasteiger partial charge is 0.141 e. The molecule has 0 aliphatic heterocycles. The highest BCUT2D eigenvalue weighted by Gasteiger charge is 2.12. The summed E-state index contributed by atoms with van der Waals surface area (Å²) in [5.41, 5.74) is 6.43. The lowest BCUT2D eigenvalue weighted by Crippen LogP contribution is -2.07. The molecule has 2 nitrogen and oxygen atoms in total. The van der Waals surface area contributed by atoms with E-state index in [0.717, 1.165) is 4.47 Å². The SMILES string of the molecule is C[C@@H](N)c1cc(F)ccc1Oc1ccc(Cl)cc1Br. The van der Waals surface area contributed by atoms with Crippen LogP contribution >= 0.6 is 27.5 Å². The quantitative estimate of drug-likeness (QED) is 0.845. The zero-order chi connectivity index (χ0) is 14.0. The molecule has 2 N–H and O–H groups in total. The van der Waals surface area contributed by atoms with Gasteiger partial charge in [0.15, 0.2) is 0 Å². The van der Waals surface area contributed by atoms with Gasteiger partial charge in [0, 0.05) is 16.6 Å². The lowest BCUT2D eigenvalue weighted by Gasteiger charge is -2.14. The molecule has 0 unspecified atom stereocenters. The molecule has 0 aliphatic carbocycles. The van der Waals surface area contributed by atoms with Crippen molar-refractivity contribution in [1.29, 1.82) is 0 Å². The second kappa shape index (κ2) is 5.90. The van der Waals surface area contributed by atoms with Crippen LogP contribution in [0.5, 0.6) is 11.5 Å². The summed E-state index contributed by atoms with van der Waals surface area (Å²) in [6, 6.07) is 9.14. The third kappa shape index (κ3) is 3.47. The first-order chi connectivity index (χ1) is 8.97. The van der Waals surface area contributed by atoms with Crippen LogP contribution in [0.4, 0.5) is 4.39 Å². The van der Waals surface area contributed by atoms with Gasteiger partial charge in [-0.3, -0.25) is 0 Å². The summed E-state index contributed by atoms with van der Waals surface area (Å²) in [5, 5.41) is 0.603. The number of ether oxygens (including phenoxy) is 1. The van der Waals surface area contributed by atoms with E-state index in [2.05, 4.69) is 15.9 Å². The van der Waals surface area contributed by atoms with E-state index in [1.54, 1.807) is 31.2 Å². The van der Waals surface area contributed by atoms with E-state index >= 15 is 0 Å². The number of hydrogen-bond acceptors (Lipinski definition) is 2. The van der Waals surface area contributed by atoms with E-state index in [4.69, 9.17) is 22.1 Å². The Labute approximate surface area is 124 Å². The standard InChI is InChI=1S/C14H12BrClFNO/c1-8(18)11-7-10(17)3-5-13(11)19-14-4-2-9(16)6-12(14)15/h2-8H,18H2,1H3/t8-/m1/s1. The normalized spacial score (nSPS) is 12.3. The Morgan fingerprint density at radius 1 is 1.21 bits per heavy atom. The van der Waals surface area contributed by atoms with Crippen molar-refractivity contribution >= 4 is 27.5 Å². The van der Waals surface area contributed by atoms with Crippen LogP contribution in [0.2, 0.25) is 5.02 Å². The summed E-state index contributed by atoms with van der Waals surface area (Å²) < 4.78 is 19.7. The summed E-state index contributed by atoms with van der Waals surface area (Å²) in [6.45, 7) is 1.78. The number of rotatable bonds is 3. The molecule has 2 aromatic carbocycles. The van der Waals surface area contributed by atoms with Gasteiger partial charge < -0.3 is 10.5 Å². The summed E-state index contributed by atoms with van der Waals surface area (Å²) in [7, 11) is 0. The predicted molar refractivity (Wildman–Crippen MR) is 78.2 cm³/mol. The Hall–Kier alpha value is -1.10. The molecule has 1 atom stereocenters. The molecule has 19 heavy (non-hydrogen) atoms. The Kier molecular flexibility index (Phi) is 4.45. The number of halogens is 3. The van der Waals surface area contributed by atoms with Gasteiger partial charge in [-0.15, -0.1) is 0 Å². The molecular formula is C14H12BrClFNO. The Bertz CT molecular complexity index is 604. The van der Waals surface area contributed by atoms with Crippen LogP contribution in [0.1, 0.15) is 18.5 Å². The molecule has 5 heteroatoms. The van der Waals surface area contributed by atoms with Crippen LogP contribution in [-0.2, 0) is 0 Å². The van der Waals surface area contributed by atoms with Crippen molar-refractivity contribution in [2.75, 3.05) is 0 Å². The van der Waals surface area contributed by atoms with Gasteiger partial charge in [-0.05, 0) is 59.3 Å². The van der Waals surface area contributed by atoms with E-state index in [0.29, 0.717) is 22.1 Å². The van der Waals surface area contributed by atoms with E-state index in [1.807, 2.05) is 0 Å². The molecule has 0 bridgehead atoms. The molecule has 100 valence electrons. The molecule has 0 saturated heterocycles. The van der Waals surface area contributed by atoms with Crippen molar-refractivity contribution in [3.8, 4) is 11.5 Å². The zero-order valence-electron chi connectivity index (χ0n) is 10.2. The maximum Gasteiger partial charge on any atom is 0.141 e. The van der Waals surface area contributed by atoms with Crippen LogP contribution in [-0.4, -0.2) is 0 Å².